The van der Waals surface area contributed by atoms with E-state index < -0.39 is 15.6 Å². The van der Waals surface area contributed by atoms with Gasteiger partial charge in [0.2, 0.25) is 0 Å². The van der Waals surface area contributed by atoms with Crippen molar-refractivity contribution in [3.05, 3.63) is 0 Å². The summed E-state index contributed by atoms with van der Waals surface area (Å²) >= 11 is 21.9. The molecule has 0 aromatic heterocycles. The minimum absolute atomic E-state index is 0.00858. The second kappa shape index (κ2) is 16.3. The van der Waals surface area contributed by atoms with Gasteiger partial charge < -0.3 is 0 Å². The molecular formula is C11H22Cl4O8P2. The predicted octanol–water partition coefficient (Wildman–Crippen LogP) is 4.65. The van der Waals surface area contributed by atoms with Crippen LogP contribution in [-0.4, -0.2) is 63.2 Å². The molecule has 0 bridgehead atoms. The van der Waals surface area contributed by atoms with Crippen molar-refractivity contribution in [3.63, 3.8) is 0 Å². The number of alkyl halides is 4. The van der Waals surface area contributed by atoms with Crippen molar-refractivity contribution in [1.29, 1.82) is 0 Å². The van der Waals surface area contributed by atoms with Gasteiger partial charge in [0.05, 0.1) is 39.6 Å². The van der Waals surface area contributed by atoms with E-state index in [0.29, 0.717) is 0 Å². The fourth-order valence-electron chi connectivity index (χ4n) is 1.22. The van der Waals surface area contributed by atoms with Crippen LogP contribution < -0.4 is 0 Å². The van der Waals surface area contributed by atoms with E-state index in [1.54, 1.807) is 0 Å². The highest BCUT2D eigenvalue weighted by molar-refractivity contribution is 7.48. The van der Waals surface area contributed by atoms with Crippen molar-refractivity contribution >= 4 is 62.0 Å². The van der Waals surface area contributed by atoms with E-state index in [0.717, 1.165) is 0 Å². The number of phosphoric acid groups is 2. The zero-order valence-electron chi connectivity index (χ0n) is 13.5. The topological polar surface area (TPSA) is 89.5 Å². The van der Waals surface area contributed by atoms with Crippen LogP contribution >= 0.6 is 62.0 Å². The number of hydrogen-bond donors (Lipinski definition) is 0. The van der Waals surface area contributed by atoms with E-state index in [4.69, 9.17) is 73.5 Å². The molecule has 25 heavy (non-hydrogen) atoms. The molecule has 0 saturated heterocycles. The lowest BCUT2D eigenvalue weighted by molar-refractivity contribution is 0.101. The van der Waals surface area contributed by atoms with Crippen LogP contribution in [0.15, 0.2) is 0 Å². The van der Waals surface area contributed by atoms with Crippen molar-refractivity contribution in [3.8, 4) is 0 Å². The van der Waals surface area contributed by atoms with Crippen LogP contribution in [0, 0.1) is 0 Å². The molecule has 14 heteroatoms. The first-order valence-electron chi connectivity index (χ1n) is 7.26. The van der Waals surface area contributed by atoms with Crippen LogP contribution in [-0.2, 0) is 36.3 Å². The summed E-state index contributed by atoms with van der Waals surface area (Å²) in [7, 11) is -7.52. The molecule has 0 aliphatic heterocycles. The molecule has 0 spiro atoms. The van der Waals surface area contributed by atoms with Gasteiger partial charge in [0.1, 0.15) is 0 Å². The van der Waals surface area contributed by atoms with Gasteiger partial charge >= 0.3 is 15.6 Å². The van der Waals surface area contributed by atoms with Gasteiger partial charge in [-0.15, -0.1) is 46.4 Å². The fraction of sp³-hybridized carbons (Fsp3) is 1.00. The van der Waals surface area contributed by atoms with Gasteiger partial charge in [-0.2, -0.15) is 0 Å². The zero-order valence-corrected chi connectivity index (χ0v) is 18.3. The molecule has 0 amide bonds. The Morgan fingerprint density at radius 2 is 0.720 bits per heavy atom. The molecule has 0 aromatic carbocycles. The van der Waals surface area contributed by atoms with Crippen LogP contribution in [0.3, 0.4) is 0 Å². The average Bonchev–Trinajstić information content (AvgIpc) is 2.61. The van der Waals surface area contributed by atoms with Crippen molar-refractivity contribution in [2.24, 2.45) is 0 Å². The molecule has 0 saturated carbocycles. The molecule has 0 N–H and O–H groups in total. The quantitative estimate of drug-likeness (QED) is 0.157. The maximum atomic E-state index is 12.2. The summed E-state index contributed by atoms with van der Waals surface area (Å²) in [5.74, 6) is 0.499. The third-order valence-electron chi connectivity index (χ3n) is 2.09. The van der Waals surface area contributed by atoms with E-state index in [2.05, 4.69) is 0 Å². The Bertz CT molecular complexity index is 358. The summed E-state index contributed by atoms with van der Waals surface area (Å²) in [4.78, 5) is 0. The molecule has 0 aliphatic rings. The molecule has 0 radical (unpaired) electrons. The second-order valence-corrected chi connectivity index (χ2v) is 8.85. The van der Waals surface area contributed by atoms with E-state index in [1.807, 2.05) is 0 Å². The van der Waals surface area contributed by atoms with E-state index in [-0.39, 0.29) is 69.6 Å². The van der Waals surface area contributed by atoms with E-state index in [1.165, 1.54) is 0 Å². The summed E-state index contributed by atoms with van der Waals surface area (Å²) in [5, 5.41) is 0. The monoisotopic (exact) mass is 484 g/mol. The summed E-state index contributed by atoms with van der Waals surface area (Å²) in [6.45, 7) is -0.132. The van der Waals surface area contributed by atoms with Crippen LogP contribution in [0.5, 0.6) is 0 Å². The lowest BCUT2D eigenvalue weighted by Gasteiger charge is -2.18. The van der Waals surface area contributed by atoms with E-state index >= 15 is 0 Å². The molecule has 0 atom stereocenters. The maximum Gasteiger partial charge on any atom is 0.474 e. The second-order valence-electron chi connectivity index (χ2n) is 4.00. The molecule has 152 valence electrons. The number of hydrogen-bond acceptors (Lipinski definition) is 8. The first kappa shape index (κ1) is 26.4. The summed E-state index contributed by atoms with van der Waals surface area (Å²) < 4.78 is 54.6. The minimum atomic E-state index is -3.76. The zero-order chi connectivity index (χ0) is 19.0. The Morgan fingerprint density at radius 3 is 0.960 bits per heavy atom. The smallest absolute Gasteiger partial charge is 0.287 e. The Hall–Kier alpha value is 1.38. The number of phosphoric ester groups is 2. The molecule has 8 nitrogen and oxygen atoms in total. The fourth-order valence-corrected chi connectivity index (χ4v) is 4.37. The lowest BCUT2D eigenvalue weighted by atomic mass is 10.5. The lowest BCUT2D eigenvalue weighted by Crippen LogP contribution is -2.08. The third-order valence-corrected chi connectivity index (χ3v) is 5.70. The van der Waals surface area contributed by atoms with Gasteiger partial charge in [0, 0.05) is 23.5 Å². The molecule has 0 heterocycles. The molecular weight excluding hydrogens is 464 g/mol. The normalized spacial score (nSPS) is 12.6. The van der Waals surface area contributed by atoms with Crippen LogP contribution in [0.25, 0.3) is 0 Å². The highest BCUT2D eigenvalue weighted by atomic mass is 35.5. The number of rotatable bonds is 18. The van der Waals surface area contributed by atoms with Crippen molar-refractivity contribution in [2.45, 2.75) is 6.42 Å². The molecule has 0 rings (SSSR count). The van der Waals surface area contributed by atoms with Gasteiger partial charge in [0.15, 0.2) is 0 Å². The minimum Gasteiger partial charge on any atom is -0.287 e. The van der Waals surface area contributed by atoms with Crippen molar-refractivity contribution in [2.75, 3.05) is 63.2 Å². The van der Waals surface area contributed by atoms with Gasteiger partial charge in [0.25, 0.3) is 0 Å². The number of halogens is 4. The summed E-state index contributed by atoms with van der Waals surface area (Å²) in [6.07, 6.45) is 0.219. The van der Waals surface area contributed by atoms with Crippen molar-refractivity contribution < 1.29 is 36.3 Å². The van der Waals surface area contributed by atoms with Crippen LogP contribution in [0.1, 0.15) is 6.42 Å². The molecule has 0 unspecified atom stereocenters. The summed E-state index contributed by atoms with van der Waals surface area (Å²) in [6, 6.07) is 0. The Labute approximate surface area is 167 Å². The Balaban J connectivity index is 4.26. The molecule has 0 fully saturated rings. The highest BCUT2D eigenvalue weighted by Crippen LogP contribution is 2.51. The van der Waals surface area contributed by atoms with E-state index in [9.17, 15) is 9.13 Å². The molecule has 0 aliphatic carbocycles. The Kier molecular flexibility index (Phi) is 17.2. The van der Waals surface area contributed by atoms with Gasteiger partial charge in [-0.3, -0.25) is 27.1 Å². The largest absolute Gasteiger partial charge is 0.474 e. The van der Waals surface area contributed by atoms with Gasteiger partial charge in [-0.05, 0) is 6.42 Å². The average molecular weight is 486 g/mol. The first-order chi connectivity index (χ1) is 11.9. The summed E-state index contributed by atoms with van der Waals surface area (Å²) in [5.41, 5.74) is 0. The first-order valence-corrected chi connectivity index (χ1v) is 12.3. The van der Waals surface area contributed by atoms with Crippen LogP contribution in [0.2, 0.25) is 0 Å². The third kappa shape index (κ3) is 14.1. The standard InChI is InChI=1S/C11H22Cl4O8P2/c12-2-8-20-24(16,21-9-3-13)18-6-1-7-19-25(17,22-10-4-14)23-11-5-15/h1-11H2. The SMILES string of the molecule is O=P(OCCCl)(OCCCl)OCCCOP(=O)(OCCCl)OCCCl. The Morgan fingerprint density at radius 1 is 0.480 bits per heavy atom. The van der Waals surface area contributed by atoms with Gasteiger partial charge in [-0.1, -0.05) is 0 Å². The predicted molar refractivity (Wildman–Crippen MR) is 98.4 cm³/mol. The van der Waals surface area contributed by atoms with Crippen LogP contribution in [0.4, 0.5) is 0 Å². The maximum absolute atomic E-state index is 12.2. The highest BCUT2D eigenvalue weighted by Gasteiger charge is 2.28. The van der Waals surface area contributed by atoms with Gasteiger partial charge in [-0.25, -0.2) is 9.13 Å². The van der Waals surface area contributed by atoms with Crippen molar-refractivity contribution in [1.82, 2.24) is 0 Å². The molecule has 0 aromatic rings.